The molecule has 2 atom stereocenters. The molecule has 3 N–H and O–H groups in total. The number of amidine groups is 1. The smallest absolute Gasteiger partial charge is 0.225 e. The maximum atomic E-state index is 11.8. The van der Waals surface area contributed by atoms with Gasteiger partial charge in [0.25, 0.3) is 0 Å². The zero-order valence-electron chi connectivity index (χ0n) is 21.0. The van der Waals surface area contributed by atoms with E-state index in [4.69, 9.17) is 30.4 Å². The van der Waals surface area contributed by atoms with Crippen LogP contribution in [0.4, 0.5) is 11.5 Å². The molecule has 0 saturated carbocycles. The lowest BCUT2D eigenvalue weighted by Crippen LogP contribution is -2.50. The van der Waals surface area contributed by atoms with Gasteiger partial charge >= 0.3 is 0 Å². The summed E-state index contributed by atoms with van der Waals surface area (Å²) in [6, 6.07) is 4.09. The van der Waals surface area contributed by atoms with Crippen LogP contribution in [0.3, 0.4) is 0 Å². The first kappa shape index (κ1) is 23.3. The fraction of sp³-hybridized carbons (Fsp3) is 0.577. The molecule has 36 heavy (non-hydrogen) atoms. The van der Waals surface area contributed by atoms with E-state index in [0.717, 1.165) is 92.0 Å². The highest BCUT2D eigenvalue weighted by Gasteiger charge is 2.47. The Kier molecular flexibility index (Phi) is 5.88. The number of fused-ring (bicyclic) bond motifs is 2. The number of hydrogen-bond donors (Lipinski definition) is 2. The number of pyridine rings is 1. The van der Waals surface area contributed by atoms with E-state index in [1.165, 1.54) is 0 Å². The minimum Gasteiger partial charge on any atom is -0.376 e. The molecule has 2 fully saturated rings. The van der Waals surface area contributed by atoms with Gasteiger partial charge < -0.3 is 25.6 Å². The number of nitrogens with zero attached hydrogens (tertiary/aromatic N) is 6. The van der Waals surface area contributed by atoms with Crippen molar-refractivity contribution in [1.82, 2.24) is 20.3 Å². The first-order chi connectivity index (χ1) is 17.5. The van der Waals surface area contributed by atoms with Gasteiger partial charge in [-0.05, 0) is 44.7 Å². The van der Waals surface area contributed by atoms with Crippen LogP contribution < -0.4 is 20.9 Å². The molecule has 2 aromatic heterocycles. The molecule has 6 rings (SSSR count). The van der Waals surface area contributed by atoms with Crippen LogP contribution in [0.25, 0.3) is 0 Å². The van der Waals surface area contributed by atoms with Gasteiger partial charge in [-0.15, -0.1) is 0 Å². The zero-order chi connectivity index (χ0) is 24.9. The predicted octanol–water partition coefficient (Wildman–Crippen LogP) is 1.21. The number of aromatic nitrogens is 3. The summed E-state index contributed by atoms with van der Waals surface area (Å²) >= 11 is 0. The first-order valence-electron chi connectivity index (χ1n) is 13.0. The molecule has 2 aromatic rings. The van der Waals surface area contributed by atoms with Crippen molar-refractivity contribution in [2.24, 2.45) is 16.1 Å². The van der Waals surface area contributed by atoms with Crippen molar-refractivity contribution in [3.63, 3.8) is 0 Å². The van der Waals surface area contributed by atoms with Gasteiger partial charge in [0.15, 0.2) is 5.84 Å². The minimum absolute atomic E-state index is 0.0341. The highest BCUT2D eigenvalue weighted by molar-refractivity contribution is 6.11. The zero-order valence-corrected chi connectivity index (χ0v) is 21.0. The molecule has 1 spiro atoms. The molecule has 4 aliphatic heterocycles. The second-order valence-corrected chi connectivity index (χ2v) is 10.4. The Bertz CT molecular complexity index is 1210. The Morgan fingerprint density at radius 3 is 2.81 bits per heavy atom. The van der Waals surface area contributed by atoms with Crippen molar-refractivity contribution in [3.8, 4) is 0 Å². The number of aliphatic imine (C=N–C) groups is 1. The monoisotopic (exact) mass is 490 g/mol. The van der Waals surface area contributed by atoms with Crippen LogP contribution in [0.2, 0.25) is 0 Å². The number of nitrogens with one attached hydrogen (secondary N) is 1. The molecule has 0 aliphatic carbocycles. The van der Waals surface area contributed by atoms with Crippen molar-refractivity contribution < 1.29 is 9.53 Å². The number of ether oxygens (including phenoxy) is 1. The van der Waals surface area contributed by atoms with Crippen LogP contribution >= 0.6 is 0 Å². The summed E-state index contributed by atoms with van der Waals surface area (Å²) in [5.74, 6) is 1.75. The number of aryl methyl sites for hydroxylation is 1. The highest BCUT2D eigenvalue weighted by Crippen LogP contribution is 2.42. The summed E-state index contributed by atoms with van der Waals surface area (Å²) < 4.78 is 5.87. The number of piperidine rings is 1. The molecule has 0 radical (unpaired) electrons. The van der Waals surface area contributed by atoms with Gasteiger partial charge in [0.2, 0.25) is 5.91 Å². The number of likely N-dealkylation sites (N-methyl/N-ethyl adjacent to an activating group) is 1. The van der Waals surface area contributed by atoms with Crippen molar-refractivity contribution in [2.45, 2.75) is 57.7 Å². The molecule has 0 unspecified atom stereocenters. The Labute approximate surface area is 211 Å². The summed E-state index contributed by atoms with van der Waals surface area (Å²) in [5.41, 5.74) is 11.2. The number of carbonyl (C=O) groups is 1. The van der Waals surface area contributed by atoms with E-state index in [0.29, 0.717) is 6.54 Å². The topological polar surface area (TPSA) is 122 Å². The van der Waals surface area contributed by atoms with Crippen molar-refractivity contribution >= 4 is 23.2 Å². The second kappa shape index (κ2) is 9.08. The van der Waals surface area contributed by atoms with Crippen molar-refractivity contribution in [2.75, 3.05) is 43.1 Å². The van der Waals surface area contributed by atoms with Gasteiger partial charge in [-0.3, -0.25) is 14.8 Å². The van der Waals surface area contributed by atoms with E-state index in [9.17, 15) is 4.79 Å². The van der Waals surface area contributed by atoms with Gasteiger partial charge in [-0.2, -0.15) is 0 Å². The Hall–Kier alpha value is -3.11. The van der Waals surface area contributed by atoms with Crippen LogP contribution in [0.5, 0.6) is 0 Å². The summed E-state index contributed by atoms with van der Waals surface area (Å²) in [4.78, 5) is 35.8. The Balaban J connectivity index is 1.18. The van der Waals surface area contributed by atoms with E-state index < -0.39 is 0 Å². The summed E-state index contributed by atoms with van der Waals surface area (Å²) in [5, 5.41) is 2.66. The van der Waals surface area contributed by atoms with Gasteiger partial charge in [-0.1, -0.05) is 0 Å². The molecule has 4 aliphatic rings. The van der Waals surface area contributed by atoms with E-state index >= 15 is 0 Å². The molecule has 1 amide bonds. The van der Waals surface area contributed by atoms with Crippen molar-refractivity contribution in [1.29, 1.82) is 0 Å². The van der Waals surface area contributed by atoms with E-state index in [-0.39, 0.29) is 29.9 Å². The fourth-order valence-electron chi connectivity index (χ4n) is 6.02. The van der Waals surface area contributed by atoms with Gasteiger partial charge in [0.05, 0.1) is 54.6 Å². The largest absolute Gasteiger partial charge is 0.376 e. The average molecular weight is 491 g/mol. The predicted molar refractivity (Wildman–Crippen MR) is 137 cm³/mol. The molecule has 10 heteroatoms. The standard InChI is InChI=1S/C26H34N8O2/c1-16-24(27)26(15-36-16)7-10-33(11-8-26)21-14-29-23-19(32-21)13-30-25(23)34-9-3-4-18-20(34)6-5-17(31-18)12-22(35)28-2/h5-6,14,16,24H,3-4,7-13,15,27H2,1-2H3,(H,28,35)/t16-,24+/m0/s1. The Morgan fingerprint density at radius 1 is 1.22 bits per heavy atom. The molecule has 10 nitrogen and oxygen atoms in total. The SMILES string of the molecule is CNC(=O)Cc1ccc2c(n1)CCCN2C1=NCc2nc(N3CCC4(CC3)CO[C@@H](C)[C@H]4N)cnc21. The van der Waals surface area contributed by atoms with Gasteiger partial charge in [0.1, 0.15) is 11.5 Å². The van der Waals surface area contributed by atoms with Crippen LogP contribution in [0.15, 0.2) is 23.3 Å². The van der Waals surface area contributed by atoms with Crippen LogP contribution in [0, 0.1) is 5.41 Å². The van der Waals surface area contributed by atoms with Gasteiger partial charge in [0, 0.05) is 38.1 Å². The van der Waals surface area contributed by atoms with E-state index in [1.54, 1.807) is 7.05 Å². The maximum absolute atomic E-state index is 11.8. The lowest BCUT2D eigenvalue weighted by atomic mass is 9.73. The third-order valence-electron chi connectivity index (χ3n) is 8.32. The van der Waals surface area contributed by atoms with Crippen LogP contribution in [-0.4, -0.2) is 72.1 Å². The summed E-state index contributed by atoms with van der Waals surface area (Å²) in [7, 11) is 1.65. The van der Waals surface area contributed by atoms with Crippen LogP contribution in [0.1, 0.15) is 49.0 Å². The number of carbonyl (C=O) groups excluding carboxylic acids is 1. The highest BCUT2D eigenvalue weighted by atomic mass is 16.5. The van der Waals surface area contributed by atoms with Gasteiger partial charge in [-0.25, -0.2) is 9.97 Å². The third kappa shape index (κ3) is 3.92. The molecular weight excluding hydrogens is 456 g/mol. The van der Waals surface area contributed by atoms with E-state index in [1.807, 2.05) is 12.3 Å². The fourth-order valence-corrected chi connectivity index (χ4v) is 6.02. The number of hydrogen-bond acceptors (Lipinski definition) is 9. The number of nitrogens with two attached hydrogens (primary N) is 1. The third-order valence-corrected chi connectivity index (χ3v) is 8.32. The normalized spacial score (nSPS) is 24.5. The van der Waals surface area contributed by atoms with Crippen molar-refractivity contribution in [3.05, 3.63) is 41.1 Å². The summed E-state index contributed by atoms with van der Waals surface area (Å²) in [6.45, 7) is 6.06. The number of anilines is 2. The number of amides is 1. The molecular formula is C26H34N8O2. The summed E-state index contributed by atoms with van der Waals surface area (Å²) in [6.07, 6.45) is 6.20. The molecule has 6 heterocycles. The average Bonchev–Trinajstić information content (AvgIpc) is 3.45. The lowest BCUT2D eigenvalue weighted by molar-refractivity contribution is -0.120. The second-order valence-electron chi connectivity index (χ2n) is 10.4. The molecule has 0 bridgehead atoms. The molecule has 2 saturated heterocycles. The molecule has 0 aromatic carbocycles. The maximum Gasteiger partial charge on any atom is 0.225 e. The quantitative estimate of drug-likeness (QED) is 0.658. The van der Waals surface area contributed by atoms with Crippen LogP contribution in [-0.2, 0) is 28.9 Å². The number of rotatable bonds is 3. The Morgan fingerprint density at radius 2 is 2.06 bits per heavy atom. The van der Waals surface area contributed by atoms with E-state index in [2.05, 4.69) is 28.1 Å². The lowest BCUT2D eigenvalue weighted by Gasteiger charge is -2.41. The molecule has 190 valence electrons. The first-order valence-corrected chi connectivity index (χ1v) is 13.0. The minimum atomic E-state index is -0.0341.